The Balaban J connectivity index is 1.65. The molecular formula is C16H15FN2O4. The van der Waals surface area contributed by atoms with E-state index in [0.717, 1.165) is 4.90 Å². The van der Waals surface area contributed by atoms with E-state index in [0.29, 0.717) is 11.5 Å². The summed E-state index contributed by atoms with van der Waals surface area (Å²) in [6, 6.07) is 8.42. The van der Waals surface area contributed by atoms with E-state index < -0.39 is 23.3 Å². The molecule has 7 heteroatoms. The summed E-state index contributed by atoms with van der Waals surface area (Å²) >= 11 is 0. The first-order valence-electron chi connectivity index (χ1n) is 7.07. The van der Waals surface area contributed by atoms with Crippen molar-refractivity contribution in [2.24, 2.45) is 0 Å². The van der Waals surface area contributed by atoms with E-state index in [4.69, 9.17) is 9.15 Å². The van der Waals surface area contributed by atoms with Crippen LogP contribution < -0.4 is 10.1 Å². The van der Waals surface area contributed by atoms with Crippen molar-refractivity contribution in [3.05, 3.63) is 54.2 Å². The topological polar surface area (TPSA) is 71.8 Å². The highest BCUT2D eigenvalue weighted by molar-refractivity contribution is 6.06. The molecule has 0 aliphatic carbocycles. The fourth-order valence-corrected chi connectivity index (χ4v) is 2.44. The van der Waals surface area contributed by atoms with Crippen LogP contribution in [0.2, 0.25) is 0 Å². The SMILES string of the molecule is C[C@@]1(c2ccco2)NC(=O)N(CCOc2cccc(F)c2)C1=O. The van der Waals surface area contributed by atoms with Crippen molar-refractivity contribution in [2.75, 3.05) is 13.2 Å². The molecule has 2 heterocycles. The summed E-state index contributed by atoms with van der Waals surface area (Å²) in [7, 11) is 0. The second kappa shape index (κ2) is 5.75. The fourth-order valence-electron chi connectivity index (χ4n) is 2.44. The summed E-state index contributed by atoms with van der Waals surface area (Å²) in [4.78, 5) is 25.6. The summed E-state index contributed by atoms with van der Waals surface area (Å²) in [6.45, 7) is 1.70. The van der Waals surface area contributed by atoms with Gasteiger partial charge >= 0.3 is 6.03 Å². The molecule has 23 heavy (non-hydrogen) atoms. The molecule has 1 aliphatic heterocycles. The molecule has 0 unspecified atom stereocenters. The molecule has 0 bridgehead atoms. The predicted molar refractivity (Wildman–Crippen MR) is 78.2 cm³/mol. The van der Waals surface area contributed by atoms with Gasteiger partial charge in [0.15, 0.2) is 5.54 Å². The molecule has 0 radical (unpaired) electrons. The number of benzene rings is 1. The van der Waals surface area contributed by atoms with Crippen LogP contribution in [0.15, 0.2) is 47.1 Å². The molecule has 1 fully saturated rings. The molecule has 3 amide bonds. The normalized spacial score (nSPS) is 20.7. The number of urea groups is 1. The van der Waals surface area contributed by atoms with Gasteiger partial charge in [0.25, 0.3) is 5.91 Å². The van der Waals surface area contributed by atoms with Crippen molar-refractivity contribution >= 4 is 11.9 Å². The van der Waals surface area contributed by atoms with Crippen LogP contribution in [0, 0.1) is 5.82 Å². The minimum atomic E-state index is -1.22. The molecule has 1 aliphatic rings. The van der Waals surface area contributed by atoms with Gasteiger partial charge in [-0.05, 0) is 31.2 Å². The number of nitrogens with zero attached hydrogens (tertiary/aromatic N) is 1. The van der Waals surface area contributed by atoms with Gasteiger partial charge in [-0.2, -0.15) is 0 Å². The van der Waals surface area contributed by atoms with Crippen molar-refractivity contribution in [3.63, 3.8) is 0 Å². The number of carbonyl (C=O) groups is 2. The van der Waals surface area contributed by atoms with E-state index in [1.54, 1.807) is 25.1 Å². The van der Waals surface area contributed by atoms with E-state index in [1.165, 1.54) is 24.5 Å². The molecule has 0 spiro atoms. The Morgan fingerprint density at radius 2 is 2.13 bits per heavy atom. The first-order chi connectivity index (χ1) is 11.0. The Kier molecular flexibility index (Phi) is 3.77. The lowest BCUT2D eigenvalue weighted by atomic mass is 9.99. The minimum absolute atomic E-state index is 0.0531. The van der Waals surface area contributed by atoms with Gasteiger partial charge in [0, 0.05) is 6.07 Å². The molecule has 6 nitrogen and oxygen atoms in total. The Bertz CT molecular complexity index is 731. The predicted octanol–water partition coefficient (Wildman–Crippen LogP) is 2.26. The number of carbonyl (C=O) groups excluding carboxylic acids is 2. The zero-order chi connectivity index (χ0) is 16.4. The summed E-state index contributed by atoms with van der Waals surface area (Å²) in [5.74, 6) is -0.126. The highest BCUT2D eigenvalue weighted by Crippen LogP contribution is 2.28. The van der Waals surface area contributed by atoms with Gasteiger partial charge in [-0.15, -0.1) is 0 Å². The lowest BCUT2D eigenvalue weighted by molar-refractivity contribution is -0.131. The summed E-state index contributed by atoms with van der Waals surface area (Å²) in [5.41, 5.74) is -1.22. The highest BCUT2D eigenvalue weighted by atomic mass is 19.1. The molecule has 3 rings (SSSR count). The average Bonchev–Trinajstić information content (AvgIpc) is 3.11. The van der Waals surface area contributed by atoms with E-state index >= 15 is 0 Å². The quantitative estimate of drug-likeness (QED) is 0.859. The monoisotopic (exact) mass is 318 g/mol. The fraction of sp³-hybridized carbons (Fsp3) is 0.250. The van der Waals surface area contributed by atoms with Gasteiger partial charge in [0.2, 0.25) is 0 Å². The van der Waals surface area contributed by atoms with Gasteiger partial charge in [-0.1, -0.05) is 6.07 Å². The maximum absolute atomic E-state index is 13.1. The van der Waals surface area contributed by atoms with Crippen molar-refractivity contribution in [1.82, 2.24) is 10.2 Å². The Morgan fingerprint density at radius 1 is 1.30 bits per heavy atom. The Morgan fingerprint density at radius 3 is 2.83 bits per heavy atom. The van der Waals surface area contributed by atoms with Gasteiger partial charge < -0.3 is 14.5 Å². The molecule has 1 saturated heterocycles. The average molecular weight is 318 g/mol. The standard InChI is InChI=1S/C16H15FN2O4/c1-16(13-6-3-8-23-13)14(20)19(15(21)18-16)7-9-22-12-5-2-4-11(17)10-12/h2-6,8,10H,7,9H2,1H3,(H,18,21)/t16-/m0/s1. The second-order valence-corrected chi connectivity index (χ2v) is 5.30. The lowest BCUT2D eigenvalue weighted by Crippen LogP contribution is -2.41. The summed E-state index contributed by atoms with van der Waals surface area (Å²) in [5, 5.41) is 2.62. The summed E-state index contributed by atoms with van der Waals surface area (Å²) in [6.07, 6.45) is 1.44. The third-order valence-electron chi connectivity index (χ3n) is 3.67. The van der Waals surface area contributed by atoms with Crippen LogP contribution in [-0.2, 0) is 10.3 Å². The number of furan rings is 1. The van der Waals surface area contributed by atoms with Gasteiger partial charge in [0.1, 0.15) is 23.9 Å². The first kappa shape index (κ1) is 15.1. The van der Waals surface area contributed by atoms with Crippen molar-refractivity contribution in [3.8, 4) is 5.75 Å². The van der Waals surface area contributed by atoms with Gasteiger partial charge in [0.05, 0.1) is 12.8 Å². The molecule has 1 aromatic carbocycles. The van der Waals surface area contributed by atoms with E-state index in [9.17, 15) is 14.0 Å². The van der Waals surface area contributed by atoms with E-state index in [2.05, 4.69) is 5.32 Å². The number of hydrogen-bond acceptors (Lipinski definition) is 4. The highest BCUT2D eigenvalue weighted by Gasteiger charge is 2.50. The van der Waals surface area contributed by atoms with Crippen LogP contribution in [0.5, 0.6) is 5.75 Å². The first-order valence-corrected chi connectivity index (χ1v) is 7.07. The number of halogens is 1. The maximum Gasteiger partial charge on any atom is 0.325 e. The van der Waals surface area contributed by atoms with Gasteiger partial charge in [-0.3, -0.25) is 9.69 Å². The molecule has 0 saturated carbocycles. The minimum Gasteiger partial charge on any atom is -0.492 e. The van der Waals surface area contributed by atoms with Crippen molar-refractivity contribution in [2.45, 2.75) is 12.5 Å². The second-order valence-electron chi connectivity index (χ2n) is 5.30. The van der Waals surface area contributed by atoms with Crippen molar-refractivity contribution in [1.29, 1.82) is 0 Å². The number of imide groups is 1. The van der Waals surface area contributed by atoms with Crippen LogP contribution in [0.25, 0.3) is 0 Å². The molecule has 120 valence electrons. The lowest BCUT2D eigenvalue weighted by Gasteiger charge is -2.19. The van der Waals surface area contributed by atoms with Crippen LogP contribution in [0.3, 0.4) is 0 Å². The Hall–Kier alpha value is -2.83. The Labute approximate surface area is 131 Å². The molecule has 1 N–H and O–H groups in total. The zero-order valence-electron chi connectivity index (χ0n) is 12.4. The third kappa shape index (κ3) is 2.77. The van der Waals surface area contributed by atoms with Gasteiger partial charge in [-0.25, -0.2) is 9.18 Å². The zero-order valence-corrected chi connectivity index (χ0v) is 12.4. The number of amides is 3. The maximum atomic E-state index is 13.1. The molecule has 1 atom stereocenters. The smallest absolute Gasteiger partial charge is 0.325 e. The summed E-state index contributed by atoms with van der Waals surface area (Å²) < 4.78 is 23.7. The largest absolute Gasteiger partial charge is 0.492 e. The molecule has 1 aromatic heterocycles. The van der Waals surface area contributed by atoms with E-state index in [1.807, 2.05) is 0 Å². The number of hydrogen-bond donors (Lipinski definition) is 1. The van der Waals surface area contributed by atoms with Crippen LogP contribution in [0.4, 0.5) is 9.18 Å². The van der Waals surface area contributed by atoms with Crippen molar-refractivity contribution < 1.29 is 23.1 Å². The van der Waals surface area contributed by atoms with Crippen LogP contribution in [0.1, 0.15) is 12.7 Å². The third-order valence-corrected chi connectivity index (χ3v) is 3.67. The number of nitrogens with one attached hydrogen (secondary N) is 1. The van der Waals surface area contributed by atoms with Crippen LogP contribution in [-0.4, -0.2) is 30.0 Å². The van der Waals surface area contributed by atoms with E-state index in [-0.39, 0.29) is 13.2 Å². The number of ether oxygens (including phenoxy) is 1. The van der Waals surface area contributed by atoms with Crippen LogP contribution >= 0.6 is 0 Å². The molecular weight excluding hydrogens is 303 g/mol. The molecule has 2 aromatic rings. The number of rotatable bonds is 5.